The Kier molecular flexibility index (Phi) is 6.95. The lowest BCUT2D eigenvalue weighted by Gasteiger charge is -2.30. The Morgan fingerprint density at radius 1 is 1.26 bits per heavy atom. The van der Waals surface area contributed by atoms with Gasteiger partial charge in [0.05, 0.1) is 24.9 Å². The first-order chi connectivity index (χ1) is 20.0. The SMILES string of the molecule is COc1cc(C(=O)NC[C@](O)(c2cc3c(c(-c4ccc(F)cc4)n2)OC[C@]3(C)N)C2CC2)cc(/C=C(\N)C2CC2)c1[NH3+]. The molecule has 2 atom stereocenters. The third kappa shape index (κ3) is 5.21. The van der Waals surface area contributed by atoms with Crippen molar-refractivity contribution in [2.75, 3.05) is 20.3 Å². The van der Waals surface area contributed by atoms with Crippen LogP contribution < -0.4 is 32.0 Å². The summed E-state index contributed by atoms with van der Waals surface area (Å²) in [7, 11) is 1.53. The minimum Gasteiger partial charge on any atom is -0.491 e. The number of methoxy groups -OCH3 is 1. The van der Waals surface area contributed by atoms with Crippen molar-refractivity contribution in [3.8, 4) is 22.8 Å². The number of rotatable bonds is 9. The van der Waals surface area contributed by atoms with Crippen molar-refractivity contribution in [1.82, 2.24) is 10.3 Å². The van der Waals surface area contributed by atoms with Crippen LogP contribution in [0.15, 0.2) is 48.2 Å². The molecule has 1 amide bonds. The molecule has 1 aliphatic heterocycles. The van der Waals surface area contributed by atoms with Gasteiger partial charge in [-0.05, 0) is 93.0 Å². The second kappa shape index (κ2) is 10.4. The summed E-state index contributed by atoms with van der Waals surface area (Å²) in [5, 5.41) is 15.1. The number of pyridine rings is 1. The van der Waals surface area contributed by atoms with Gasteiger partial charge in [-0.1, -0.05) is 0 Å². The highest BCUT2D eigenvalue weighted by atomic mass is 19.1. The first-order valence-corrected chi connectivity index (χ1v) is 14.3. The van der Waals surface area contributed by atoms with Crippen LogP contribution in [0.2, 0.25) is 0 Å². The monoisotopic (exact) mass is 574 g/mol. The number of nitrogens with zero attached hydrogens (tertiary/aromatic N) is 1. The van der Waals surface area contributed by atoms with E-state index < -0.39 is 11.1 Å². The molecule has 0 radical (unpaired) electrons. The number of allylic oxidation sites excluding steroid dienone is 1. The summed E-state index contributed by atoms with van der Waals surface area (Å²) >= 11 is 0. The molecule has 6 rings (SSSR count). The molecular formula is C32H37FN5O4+. The number of halogens is 1. The highest BCUT2D eigenvalue weighted by Crippen LogP contribution is 2.49. The highest BCUT2D eigenvalue weighted by Gasteiger charge is 2.48. The van der Waals surface area contributed by atoms with Gasteiger partial charge in [-0.15, -0.1) is 0 Å². The van der Waals surface area contributed by atoms with Gasteiger partial charge in [0, 0.05) is 28.0 Å². The second-order valence-corrected chi connectivity index (χ2v) is 12.0. The van der Waals surface area contributed by atoms with Crippen molar-refractivity contribution in [2.24, 2.45) is 23.3 Å². The topological polar surface area (TPSA) is 160 Å². The number of benzene rings is 2. The molecule has 0 saturated heterocycles. The van der Waals surface area contributed by atoms with E-state index in [4.69, 9.17) is 25.9 Å². The van der Waals surface area contributed by atoms with E-state index in [2.05, 4.69) is 11.1 Å². The van der Waals surface area contributed by atoms with E-state index >= 15 is 0 Å². The van der Waals surface area contributed by atoms with Crippen LogP contribution in [0.3, 0.4) is 0 Å². The molecule has 9 nitrogen and oxygen atoms in total. The maximum absolute atomic E-state index is 13.7. The average molecular weight is 575 g/mol. The largest absolute Gasteiger partial charge is 0.491 e. The van der Waals surface area contributed by atoms with E-state index in [1.807, 2.05) is 13.0 Å². The molecule has 3 aliphatic rings. The van der Waals surface area contributed by atoms with Crippen LogP contribution in [0, 0.1) is 17.7 Å². The second-order valence-electron chi connectivity index (χ2n) is 12.0. The summed E-state index contributed by atoms with van der Waals surface area (Å²) in [6, 6.07) is 11.1. The number of aliphatic hydroxyl groups is 1. The lowest BCUT2D eigenvalue weighted by Crippen LogP contribution is -2.44. The number of fused-ring (bicyclic) bond motifs is 1. The zero-order chi connectivity index (χ0) is 29.8. The van der Waals surface area contributed by atoms with Crippen LogP contribution in [0.5, 0.6) is 11.5 Å². The van der Waals surface area contributed by atoms with Crippen molar-refractivity contribution in [3.05, 3.63) is 76.4 Å². The summed E-state index contributed by atoms with van der Waals surface area (Å²) < 4.78 is 25.2. The smallest absolute Gasteiger partial charge is 0.251 e. The molecule has 42 heavy (non-hydrogen) atoms. The molecule has 0 spiro atoms. The molecule has 2 fully saturated rings. The molecule has 220 valence electrons. The Morgan fingerprint density at radius 2 is 1.98 bits per heavy atom. The lowest BCUT2D eigenvalue weighted by molar-refractivity contribution is -0.256. The Balaban J connectivity index is 1.33. The number of carbonyl (C=O) groups excluding carboxylic acids is 1. The van der Waals surface area contributed by atoms with Gasteiger partial charge in [-0.2, -0.15) is 0 Å². The summed E-state index contributed by atoms with van der Waals surface area (Å²) in [6.45, 7) is 2.03. The van der Waals surface area contributed by atoms with Crippen molar-refractivity contribution in [1.29, 1.82) is 0 Å². The van der Waals surface area contributed by atoms with Crippen molar-refractivity contribution < 1.29 is 29.5 Å². The third-order valence-corrected chi connectivity index (χ3v) is 8.53. The van der Waals surface area contributed by atoms with Crippen molar-refractivity contribution in [2.45, 2.75) is 43.7 Å². The van der Waals surface area contributed by atoms with Gasteiger partial charge in [0.1, 0.15) is 23.7 Å². The van der Waals surface area contributed by atoms with E-state index in [9.17, 15) is 14.3 Å². The third-order valence-electron chi connectivity index (χ3n) is 8.53. The van der Waals surface area contributed by atoms with Gasteiger partial charge in [-0.3, -0.25) is 4.79 Å². The van der Waals surface area contributed by atoms with E-state index in [0.717, 1.165) is 31.4 Å². The number of hydrogen-bond acceptors (Lipinski definition) is 7. The Bertz CT molecular complexity index is 1580. The minimum atomic E-state index is -1.46. The molecule has 0 unspecified atom stereocenters. The van der Waals surface area contributed by atoms with Gasteiger partial charge in [0.15, 0.2) is 17.2 Å². The maximum Gasteiger partial charge on any atom is 0.251 e. The van der Waals surface area contributed by atoms with Crippen LogP contribution in [0.25, 0.3) is 17.3 Å². The molecule has 9 N–H and O–H groups in total. The number of aromatic nitrogens is 1. The molecule has 3 aromatic rings. The molecule has 1 aromatic heterocycles. The predicted octanol–water partition coefficient (Wildman–Crippen LogP) is 3.07. The molecule has 10 heteroatoms. The zero-order valence-electron chi connectivity index (χ0n) is 23.9. The van der Waals surface area contributed by atoms with Crippen LogP contribution in [-0.2, 0) is 11.1 Å². The van der Waals surface area contributed by atoms with Gasteiger partial charge in [0.25, 0.3) is 5.91 Å². The zero-order valence-corrected chi connectivity index (χ0v) is 23.9. The number of quaternary nitrogens is 1. The number of nitrogens with two attached hydrogens (primary N) is 2. The Hall–Kier alpha value is -3.99. The molecule has 2 saturated carbocycles. The fraction of sp³-hybridized carbons (Fsp3) is 0.375. The van der Waals surface area contributed by atoms with E-state index in [-0.39, 0.29) is 30.8 Å². The highest BCUT2D eigenvalue weighted by molar-refractivity contribution is 5.96. The van der Waals surface area contributed by atoms with Crippen LogP contribution in [-0.4, -0.2) is 36.3 Å². The summed E-state index contributed by atoms with van der Waals surface area (Å²) in [5.74, 6) is 0.501. The van der Waals surface area contributed by atoms with E-state index in [1.54, 1.807) is 30.3 Å². The molecule has 2 heterocycles. The van der Waals surface area contributed by atoms with Gasteiger partial charge in [-0.25, -0.2) is 9.37 Å². The molecular weight excluding hydrogens is 537 g/mol. The predicted molar refractivity (Wildman–Crippen MR) is 156 cm³/mol. The number of amides is 1. The number of hydrogen-bond donors (Lipinski definition) is 5. The summed E-state index contributed by atoms with van der Waals surface area (Å²) in [5.41, 5.74) is 19.4. The van der Waals surface area contributed by atoms with Crippen LogP contribution in [0.1, 0.15) is 59.8 Å². The first-order valence-electron chi connectivity index (χ1n) is 14.3. The standard InChI is InChI=1S/C32H36FN5O4/c1-31(36)16-42-29-23(31)14-26(38-28(29)18-5-9-22(33)10-6-18)32(40,21-7-8-21)15-37-30(39)20-11-19(12-24(34)17-3-4-17)27(35)25(13-20)41-2/h5-6,9-14,17,21,40H,3-4,7-8,15-16,34-36H2,1-2H3,(H,37,39)/p+1/b24-12-/t31-,32+/m0/s1. The first kappa shape index (κ1) is 28.1. The van der Waals surface area contributed by atoms with E-state index in [0.29, 0.717) is 56.7 Å². The average Bonchev–Trinajstić information content (AvgIpc) is 3.89. The van der Waals surface area contributed by atoms with Crippen molar-refractivity contribution in [3.63, 3.8) is 0 Å². The fourth-order valence-electron chi connectivity index (χ4n) is 5.57. The Morgan fingerprint density at radius 3 is 2.62 bits per heavy atom. The molecule has 2 aromatic carbocycles. The van der Waals surface area contributed by atoms with Gasteiger partial charge < -0.3 is 37.1 Å². The minimum absolute atomic E-state index is 0.0723. The number of ether oxygens (including phenoxy) is 2. The fourth-order valence-corrected chi connectivity index (χ4v) is 5.57. The molecule has 2 aliphatic carbocycles. The van der Waals surface area contributed by atoms with Gasteiger partial charge in [0.2, 0.25) is 0 Å². The van der Waals surface area contributed by atoms with Crippen LogP contribution >= 0.6 is 0 Å². The Labute approximate surface area is 243 Å². The van der Waals surface area contributed by atoms with E-state index in [1.165, 1.54) is 19.2 Å². The van der Waals surface area contributed by atoms with Crippen molar-refractivity contribution >= 4 is 17.7 Å². The van der Waals surface area contributed by atoms with Gasteiger partial charge >= 0.3 is 0 Å². The molecule has 0 bridgehead atoms. The summed E-state index contributed by atoms with van der Waals surface area (Å²) in [4.78, 5) is 18.3. The lowest BCUT2D eigenvalue weighted by atomic mass is 9.87. The normalized spacial score (nSPS) is 21.3. The summed E-state index contributed by atoms with van der Waals surface area (Å²) in [6.07, 6.45) is 5.54. The number of carbonyl (C=O) groups is 1. The maximum atomic E-state index is 13.7. The quantitative estimate of drug-likeness (QED) is 0.262. The van der Waals surface area contributed by atoms with Crippen LogP contribution in [0.4, 0.5) is 10.1 Å². The number of nitrogens with one attached hydrogen (secondary N) is 1.